The van der Waals surface area contributed by atoms with Crippen molar-refractivity contribution in [2.75, 3.05) is 12.8 Å². The van der Waals surface area contributed by atoms with Gasteiger partial charge in [-0.25, -0.2) is 4.21 Å². The quantitative estimate of drug-likeness (QED) is 0.458. The smallest absolute Gasteiger partial charge is 0.236 e. The lowest BCUT2D eigenvalue weighted by Crippen LogP contribution is -2.53. The summed E-state index contributed by atoms with van der Waals surface area (Å²) in [5, 5.41) is 18.5. The first-order valence-corrected chi connectivity index (χ1v) is 10.0. The van der Waals surface area contributed by atoms with Crippen LogP contribution < -0.4 is 5.32 Å². The molecule has 0 amide bonds. The lowest BCUT2D eigenvalue weighted by Gasteiger charge is -2.40. The third-order valence-corrected chi connectivity index (χ3v) is 7.58. The largest absolute Gasteiger partial charge is 0.426 e. The summed E-state index contributed by atoms with van der Waals surface area (Å²) >= 11 is 7.97. The van der Waals surface area contributed by atoms with E-state index in [0.717, 1.165) is 15.4 Å². The molecule has 26 heavy (non-hydrogen) atoms. The third-order valence-electron chi connectivity index (χ3n) is 4.08. The SMILES string of the molecule is C=C1N[C@](C)(c2sc(-c3ccc(C(=N)OC=N)[nH]3)cc2Cl)CS(=O)N1C. The van der Waals surface area contributed by atoms with Gasteiger partial charge in [-0.05, 0) is 25.1 Å². The van der Waals surface area contributed by atoms with E-state index in [1.54, 1.807) is 17.4 Å². The Morgan fingerprint density at radius 1 is 1.58 bits per heavy atom. The first-order chi connectivity index (χ1) is 12.2. The molecule has 3 rings (SSSR count). The molecule has 10 heteroatoms. The van der Waals surface area contributed by atoms with Gasteiger partial charge in [-0.2, -0.15) is 0 Å². The van der Waals surface area contributed by atoms with Crippen molar-refractivity contribution in [2.45, 2.75) is 12.5 Å². The number of nitrogens with one attached hydrogen (secondary N) is 4. The van der Waals surface area contributed by atoms with E-state index in [9.17, 15) is 4.21 Å². The van der Waals surface area contributed by atoms with Crippen molar-refractivity contribution in [3.8, 4) is 10.6 Å². The van der Waals surface area contributed by atoms with Crippen molar-refractivity contribution in [3.05, 3.63) is 46.2 Å². The van der Waals surface area contributed by atoms with Crippen LogP contribution >= 0.6 is 22.9 Å². The number of thiophene rings is 1. The van der Waals surface area contributed by atoms with Crippen molar-refractivity contribution >= 4 is 46.2 Å². The summed E-state index contributed by atoms with van der Waals surface area (Å²) in [6, 6.07) is 5.38. The van der Waals surface area contributed by atoms with Crippen molar-refractivity contribution in [1.29, 1.82) is 10.8 Å². The molecule has 1 saturated heterocycles. The number of halogens is 1. The standard InChI is InChI=1S/C16H18ClN5O2S2/c1-9-21-16(2,7-26(23)22(9)3)14-10(17)6-13(25-14)11-4-5-12(20-11)15(19)24-8-18/h4-6,8,18-21H,1,7H2,2-3H3/t16-,26?/m0/s1. The molecule has 1 aliphatic rings. The second kappa shape index (κ2) is 6.90. The molecular formula is C16H18ClN5O2S2. The lowest BCUT2D eigenvalue weighted by atomic mass is 10.0. The average Bonchev–Trinajstić information content (AvgIpc) is 3.19. The lowest BCUT2D eigenvalue weighted by molar-refractivity contribution is 0.382. The fourth-order valence-electron chi connectivity index (χ4n) is 2.69. The van der Waals surface area contributed by atoms with Gasteiger partial charge in [0.25, 0.3) is 0 Å². The Morgan fingerprint density at radius 3 is 2.96 bits per heavy atom. The molecule has 3 heterocycles. The molecule has 2 aromatic heterocycles. The highest BCUT2D eigenvalue weighted by Crippen LogP contribution is 2.42. The van der Waals surface area contributed by atoms with E-state index in [2.05, 4.69) is 16.9 Å². The summed E-state index contributed by atoms with van der Waals surface area (Å²) in [6.45, 7) is 5.88. The first-order valence-electron chi connectivity index (χ1n) is 7.58. The Bertz CT molecular complexity index is 902. The van der Waals surface area contributed by atoms with Crippen LogP contribution in [0.1, 0.15) is 17.5 Å². The van der Waals surface area contributed by atoms with Gasteiger partial charge in [0.1, 0.15) is 22.5 Å². The van der Waals surface area contributed by atoms with Crippen LogP contribution in [-0.2, 0) is 21.3 Å². The number of ether oxygens (including phenoxy) is 1. The van der Waals surface area contributed by atoms with Crippen LogP contribution in [0.4, 0.5) is 0 Å². The Hall–Kier alpha value is -2.10. The molecule has 2 aromatic rings. The molecule has 0 aliphatic carbocycles. The maximum atomic E-state index is 12.4. The number of aromatic nitrogens is 1. The number of hydrogen-bond donors (Lipinski definition) is 4. The average molecular weight is 412 g/mol. The molecule has 0 bridgehead atoms. The highest BCUT2D eigenvalue weighted by atomic mass is 35.5. The normalized spacial score (nSPS) is 22.8. The number of hydrogen-bond acceptors (Lipinski definition) is 6. The Balaban J connectivity index is 1.93. The minimum Gasteiger partial charge on any atom is -0.426 e. The summed E-state index contributed by atoms with van der Waals surface area (Å²) in [7, 11) is 0.547. The van der Waals surface area contributed by atoms with Crippen molar-refractivity contribution in [3.63, 3.8) is 0 Å². The number of H-pyrrole nitrogens is 1. The van der Waals surface area contributed by atoms with E-state index < -0.39 is 16.5 Å². The molecule has 138 valence electrons. The van der Waals surface area contributed by atoms with E-state index in [-0.39, 0.29) is 5.90 Å². The van der Waals surface area contributed by atoms with E-state index >= 15 is 0 Å². The van der Waals surface area contributed by atoms with Gasteiger partial charge in [-0.15, -0.1) is 11.3 Å². The van der Waals surface area contributed by atoms with E-state index in [4.69, 9.17) is 27.2 Å². The molecule has 2 atom stereocenters. The summed E-state index contributed by atoms with van der Waals surface area (Å²) in [5.74, 6) is 0.836. The van der Waals surface area contributed by atoms with Crippen LogP contribution in [0.5, 0.6) is 0 Å². The Labute approximate surface area is 162 Å². The zero-order chi connectivity index (χ0) is 19.1. The summed E-state index contributed by atoms with van der Waals surface area (Å²) in [6.07, 6.45) is 0.711. The van der Waals surface area contributed by atoms with Crippen LogP contribution in [0, 0.1) is 10.8 Å². The molecule has 0 saturated carbocycles. The molecule has 0 spiro atoms. The molecule has 4 N–H and O–H groups in total. The molecule has 1 fully saturated rings. The number of rotatable bonds is 4. The third kappa shape index (κ3) is 3.29. The molecule has 1 aliphatic heterocycles. The summed E-state index contributed by atoms with van der Waals surface area (Å²) < 4.78 is 18.7. The van der Waals surface area contributed by atoms with Crippen molar-refractivity contribution in [2.24, 2.45) is 0 Å². The zero-order valence-corrected chi connectivity index (χ0v) is 16.6. The van der Waals surface area contributed by atoms with Crippen LogP contribution in [0.25, 0.3) is 10.6 Å². The zero-order valence-electron chi connectivity index (χ0n) is 14.2. The van der Waals surface area contributed by atoms with Crippen molar-refractivity contribution in [1.82, 2.24) is 14.6 Å². The molecule has 1 unspecified atom stereocenters. The van der Waals surface area contributed by atoms with Gasteiger partial charge in [-0.1, -0.05) is 18.2 Å². The number of nitrogens with zero attached hydrogens (tertiary/aromatic N) is 1. The maximum absolute atomic E-state index is 12.4. The van der Waals surface area contributed by atoms with Crippen molar-refractivity contribution < 1.29 is 8.95 Å². The van der Waals surface area contributed by atoms with E-state index in [1.807, 2.05) is 19.1 Å². The highest BCUT2D eigenvalue weighted by Gasteiger charge is 2.39. The van der Waals surface area contributed by atoms with Gasteiger partial charge in [0.2, 0.25) is 5.90 Å². The number of aromatic amines is 1. The minimum atomic E-state index is -1.19. The molecular weight excluding hydrogens is 394 g/mol. The van der Waals surface area contributed by atoms with Crippen LogP contribution in [-0.4, -0.2) is 38.6 Å². The second-order valence-electron chi connectivity index (χ2n) is 6.01. The van der Waals surface area contributed by atoms with Gasteiger partial charge in [0.05, 0.1) is 31.8 Å². The fourth-order valence-corrected chi connectivity index (χ4v) is 5.61. The monoisotopic (exact) mass is 411 g/mol. The Morgan fingerprint density at radius 2 is 2.31 bits per heavy atom. The van der Waals surface area contributed by atoms with Gasteiger partial charge >= 0.3 is 0 Å². The van der Waals surface area contributed by atoms with Gasteiger partial charge in [-0.3, -0.25) is 15.1 Å². The van der Waals surface area contributed by atoms with Gasteiger partial charge in [0, 0.05) is 7.05 Å². The predicted molar refractivity (Wildman–Crippen MR) is 106 cm³/mol. The van der Waals surface area contributed by atoms with Crippen LogP contribution in [0.3, 0.4) is 0 Å². The maximum Gasteiger partial charge on any atom is 0.236 e. The van der Waals surface area contributed by atoms with E-state index in [1.165, 1.54) is 11.3 Å². The molecule has 0 radical (unpaired) electrons. The van der Waals surface area contributed by atoms with Crippen LogP contribution in [0.2, 0.25) is 5.02 Å². The second-order valence-corrected chi connectivity index (χ2v) is 8.94. The van der Waals surface area contributed by atoms with E-state index in [0.29, 0.717) is 28.7 Å². The Kier molecular flexibility index (Phi) is 4.96. The highest BCUT2D eigenvalue weighted by molar-refractivity contribution is 7.82. The predicted octanol–water partition coefficient (Wildman–Crippen LogP) is 3.23. The first kappa shape index (κ1) is 18.7. The molecule has 7 nitrogen and oxygen atoms in total. The topological polar surface area (TPSA) is 105 Å². The summed E-state index contributed by atoms with van der Waals surface area (Å²) in [4.78, 5) is 4.85. The molecule has 0 aromatic carbocycles. The fraction of sp³-hybridized carbons (Fsp3) is 0.250. The minimum absolute atomic E-state index is 0.134. The summed E-state index contributed by atoms with van der Waals surface area (Å²) in [5.41, 5.74) is 0.667. The van der Waals surface area contributed by atoms with Crippen LogP contribution in [0.15, 0.2) is 30.6 Å². The van der Waals surface area contributed by atoms with Gasteiger partial charge < -0.3 is 15.0 Å². The van der Waals surface area contributed by atoms with Gasteiger partial charge in [0.15, 0.2) is 6.40 Å².